The van der Waals surface area contributed by atoms with Crippen LogP contribution in [0.25, 0.3) is 11.0 Å². The van der Waals surface area contributed by atoms with Crippen LogP contribution in [-0.4, -0.2) is 50.6 Å². The lowest BCUT2D eigenvalue weighted by Crippen LogP contribution is -2.31. The van der Waals surface area contributed by atoms with E-state index in [-0.39, 0.29) is 12.5 Å². The summed E-state index contributed by atoms with van der Waals surface area (Å²) in [7, 11) is 0. The lowest BCUT2D eigenvalue weighted by atomic mass is 10.2. The van der Waals surface area contributed by atoms with Crippen LogP contribution in [0.4, 0.5) is 5.82 Å². The van der Waals surface area contributed by atoms with Gasteiger partial charge in [0.1, 0.15) is 11.6 Å². The van der Waals surface area contributed by atoms with Gasteiger partial charge < -0.3 is 15.4 Å². The summed E-state index contributed by atoms with van der Waals surface area (Å²) in [5, 5.41) is 13.5. The summed E-state index contributed by atoms with van der Waals surface area (Å²) in [4.78, 5) is 21.6. The molecule has 2 heterocycles. The number of nitrogens with one attached hydrogen (secondary N) is 2. The van der Waals surface area contributed by atoms with E-state index in [1.165, 1.54) is 0 Å². The van der Waals surface area contributed by atoms with E-state index in [1.807, 2.05) is 0 Å². The van der Waals surface area contributed by atoms with Crippen LogP contribution in [-0.2, 0) is 11.3 Å². The molecule has 3 aromatic rings. The van der Waals surface area contributed by atoms with Gasteiger partial charge in [-0.15, -0.1) is 0 Å². The Hall–Kier alpha value is -2.23. The minimum atomic E-state index is -0.262. The second kappa shape index (κ2) is 11.8. The zero-order chi connectivity index (χ0) is 24.0. The summed E-state index contributed by atoms with van der Waals surface area (Å²) >= 11 is 13.5. The molecule has 0 saturated carbocycles. The molecule has 0 bridgehead atoms. The Morgan fingerprint density at radius 1 is 1.21 bits per heavy atom. The Balaban J connectivity index is 1.63. The second-order valence-corrected chi connectivity index (χ2v) is 10.5. The Morgan fingerprint density at radius 3 is 2.70 bits per heavy atom. The number of halogens is 2. The number of hydrogen-bond acceptors (Lipinski definition) is 7. The van der Waals surface area contributed by atoms with Gasteiger partial charge in [-0.2, -0.15) is 5.10 Å². The molecule has 3 rings (SSSR count). The molecule has 2 N–H and O–H groups in total. The fourth-order valence-corrected chi connectivity index (χ4v) is 4.05. The zero-order valence-electron chi connectivity index (χ0n) is 19.1. The number of anilines is 1. The average Bonchev–Trinajstić information content (AvgIpc) is 3.14. The smallest absolute Gasteiger partial charge is 0.258 e. The largest absolute Gasteiger partial charge is 0.482 e. The summed E-state index contributed by atoms with van der Waals surface area (Å²) in [6.07, 6.45) is 1.76. The third-order valence-electron chi connectivity index (χ3n) is 4.39. The molecule has 0 spiro atoms. The van der Waals surface area contributed by atoms with Gasteiger partial charge in [-0.05, 0) is 24.1 Å². The van der Waals surface area contributed by atoms with E-state index in [0.29, 0.717) is 45.2 Å². The number of benzene rings is 1. The molecule has 0 unspecified atom stereocenters. The summed E-state index contributed by atoms with van der Waals surface area (Å²) < 4.78 is 7.25. The van der Waals surface area contributed by atoms with Gasteiger partial charge in [0.25, 0.3) is 5.91 Å². The Morgan fingerprint density at radius 2 is 2.00 bits per heavy atom. The van der Waals surface area contributed by atoms with E-state index in [9.17, 15) is 4.79 Å². The monoisotopic (exact) mass is 510 g/mol. The number of amides is 1. The average molecular weight is 511 g/mol. The van der Waals surface area contributed by atoms with E-state index < -0.39 is 0 Å². The molecular formula is C22H28Cl2N6O2S. The van der Waals surface area contributed by atoms with Crippen molar-refractivity contribution in [1.82, 2.24) is 25.1 Å². The van der Waals surface area contributed by atoms with Gasteiger partial charge in [-0.25, -0.2) is 14.6 Å². The van der Waals surface area contributed by atoms with Gasteiger partial charge in [0.15, 0.2) is 17.4 Å². The molecule has 11 heteroatoms. The summed E-state index contributed by atoms with van der Waals surface area (Å²) in [6, 6.07) is 4.85. The predicted octanol–water partition coefficient (Wildman–Crippen LogP) is 4.90. The highest BCUT2D eigenvalue weighted by Gasteiger charge is 2.15. The Labute approximate surface area is 207 Å². The van der Waals surface area contributed by atoms with Crippen molar-refractivity contribution in [2.75, 3.05) is 25.0 Å². The van der Waals surface area contributed by atoms with Gasteiger partial charge in [-0.3, -0.25) is 4.79 Å². The Kier molecular flexibility index (Phi) is 9.05. The number of hydrogen-bond donors (Lipinski definition) is 2. The van der Waals surface area contributed by atoms with Crippen molar-refractivity contribution in [2.45, 2.75) is 44.6 Å². The van der Waals surface area contributed by atoms with Crippen molar-refractivity contribution >= 4 is 57.7 Å². The van der Waals surface area contributed by atoms with E-state index in [0.717, 1.165) is 23.4 Å². The van der Waals surface area contributed by atoms with Crippen LogP contribution in [0.1, 0.15) is 27.7 Å². The number of nitrogens with zero attached hydrogens (tertiary/aromatic N) is 4. The molecule has 1 amide bonds. The summed E-state index contributed by atoms with van der Waals surface area (Å²) in [6.45, 7) is 9.98. The topological polar surface area (TPSA) is 94.0 Å². The highest BCUT2D eigenvalue weighted by molar-refractivity contribution is 7.99. The molecule has 0 fully saturated rings. The molecule has 1 aromatic carbocycles. The van der Waals surface area contributed by atoms with E-state index in [4.69, 9.17) is 32.9 Å². The first-order chi connectivity index (χ1) is 15.7. The first-order valence-electron chi connectivity index (χ1n) is 10.7. The fraction of sp³-hybridized carbons (Fsp3) is 0.455. The van der Waals surface area contributed by atoms with E-state index >= 15 is 0 Å². The van der Waals surface area contributed by atoms with Crippen LogP contribution in [0.2, 0.25) is 10.0 Å². The molecule has 0 atom stereocenters. The third kappa shape index (κ3) is 7.38. The minimum absolute atomic E-state index is 0.151. The van der Waals surface area contributed by atoms with Gasteiger partial charge in [0.2, 0.25) is 0 Å². The summed E-state index contributed by atoms with van der Waals surface area (Å²) in [5.74, 6) is 1.40. The Bertz CT molecular complexity index is 1110. The third-order valence-corrected chi connectivity index (χ3v) is 5.79. The van der Waals surface area contributed by atoms with Crippen molar-refractivity contribution in [3.8, 4) is 5.75 Å². The summed E-state index contributed by atoms with van der Waals surface area (Å²) in [5.41, 5.74) is 0.734. The quantitative estimate of drug-likeness (QED) is 0.280. The highest BCUT2D eigenvalue weighted by atomic mass is 35.5. The highest BCUT2D eigenvalue weighted by Crippen LogP contribution is 2.28. The molecule has 0 aliphatic carbocycles. The SMILES string of the molecule is CC(C)CNc1nc(SC(C)C)nc2c1cnn2CCNC(=O)COc1ccc(Cl)cc1Cl. The maximum Gasteiger partial charge on any atom is 0.258 e. The van der Waals surface area contributed by atoms with Gasteiger partial charge in [0, 0.05) is 23.4 Å². The van der Waals surface area contributed by atoms with Crippen LogP contribution in [0.5, 0.6) is 5.75 Å². The van der Waals surface area contributed by atoms with Gasteiger partial charge in [-0.1, -0.05) is 62.7 Å². The van der Waals surface area contributed by atoms with Crippen LogP contribution in [0.15, 0.2) is 29.6 Å². The van der Waals surface area contributed by atoms with Gasteiger partial charge in [0.05, 0.1) is 23.2 Å². The van der Waals surface area contributed by atoms with Crippen LogP contribution in [0, 0.1) is 5.92 Å². The zero-order valence-corrected chi connectivity index (χ0v) is 21.4. The lowest BCUT2D eigenvalue weighted by molar-refractivity contribution is -0.123. The predicted molar refractivity (Wildman–Crippen MR) is 135 cm³/mol. The molecule has 0 aliphatic heterocycles. The normalized spacial score (nSPS) is 11.4. The van der Waals surface area contributed by atoms with Crippen LogP contribution < -0.4 is 15.4 Å². The minimum Gasteiger partial charge on any atom is -0.482 e. The molecule has 0 radical (unpaired) electrons. The van der Waals surface area contributed by atoms with Crippen LogP contribution in [0.3, 0.4) is 0 Å². The molecule has 0 saturated heterocycles. The number of carbonyl (C=O) groups excluding carboxylic acids is 1. The van der Waals surface area contributed by atoms with Gasteiger partial charge >= 0.3 is 0 Å². The number of thioether (sulfide) groups is 1. The molecule has 178 valence electrons. The van der Waals surface area contributed by atoms with Crippen molar-refractivity contribution in [3.63, 3.8) is 0 Å². The van der Waals surface area contributed by atoms with Crippen molar-refractivity contribution in [2.24, 2.45) is 5.92 Å². The molecule has 0 aliphatic rings. The number of fused-ring (bicyclic) bond motifs is 1. The standard InChI is InChI=1S/C22H28Cl2N6O2S/c1-13(2)10-26-20-16-11-27-30(21(16)29-22(28-20)33-14(3)4)8-7-25-19(31)12-32-18-6-5-15(23)9-17(18)24/h5-6,9,11,13-14H,7-8,10,12H2,1-4H3,(H,25,31)(H,26,28,29). The fourth-order valence-electron chi connectivity index (χ4n) is 2.89. The lowest BCUT2D eigenvalue weighted by Gasteiger charge is -2.12. The number of rotatable bonds is 11. The number of aromatic nitrogens is 4. The van der Waals surface area contributed by atoms with Crippen molar-refractivity contribution in [1.29, 1.82) is 0 Å². The molecule has 2 aromatic heterocycles. The number of carbonyl (C=O) groups is 1. The van der Waals surface area contributed by atoms with E-state index in [1.54, 1.807) is 40.8 Å². The second-order valence-electron chi connectivity index (χ2n) is 8.11. The number of ether oxygens (including phenoxy) is 1. The maximum absolute atomic E-state index is 12.2. The molecule has 8 nitrogen and oxygen atoms in total. The first kappa shape index (κ1) is 25.4. The van der Waals surface area contributed by atoms with E-state index in [2.05, 4.69) is 48.4 Å². The molecule has 33 heavy (non-hydrogen) atoms. The maximum atomic E-state index is 12.2. The van der Waals surface area contributed by atoms with Crippen molar-refractivity contribution in [3.05, 3.63) is 34.4 Å². The van der Waals surface area contributed by atoms with Crippen molar-refractivity contribution < 1.29 is 9.53 Å². The first-order valence-corrected chi connectivity index (χ1v) is 12.3. The molecular weight excluding hydrogens is 483 g/mol. The van der Waals surface area contributed by atoms with Crippen LogP contribution >= 0.6 is 35.0 Å².